The number of carbonyl (C=O) groups excluding carboxylic acids is 2. The van der Waals surface area contributed by atoms with Gasteiger partial charge in [0.2, 0.25) is 0 Å². The summed E-state index contributed by atoms with van der Waals surface area (Å²) in [5.74, 6) is -1.94. The van der Waals surface area contributed by atoms with Crippen LogP contribution in [0.15, 0.2) is 22.8 Å². The molecule has 1 aromatic rings. The summed E-state index contributed by atoms with van der Waals surface area (Å²) in [5.41, 5.74) is -0.0224. The third kappa shape index (κ3) is 3.29. The third-order valence-electron chi connectivity index (χ3n) is 2.01. The predicted molar refractivity (Wildman–Crippen MR) is 63.0 cm³/mol. The number of allylic oxidation sites excluding steroid dienone is 3. The summed E-state index contributed by atoms with van der Waals surface area (Å²) < 4.78 is 13.8. The first-order valence-electron chi connectivity index (χ1n) is 5.04. The number of rotatable bonds is 4. The minimum Gasteiger partial charge on any atom is -0.465 e. The molecule has 98 valence electrons. The molecule has 0 spiro atoms. The minimum atomic E-state index is -0.833. The van der Waals surface area contributed by atoms with E-state index in [1.807, 2.05) is 0 Å². The fourth-order valence-electron chi connectivity index (χ4n) is 1.19. The van der Waals surface area contributed by atoms with E-state index < -0.39 is 11.9 Å². The van der Waals surface area contributed by atoms with Gasteiger partial charge in [0, 0.05) is 6.08 Å². The van der Waals surface area contributed by atoms with Crippen molar-refractivity contribution < 1.29 is 23.6 Å². The van der Waals surface area contributed by atoms with Crippen LogP contribution in [0.25, 0.3) is 6.08 Å². The maximum absolute atomic E-state index is 11.6. The zero-order valence-corrected chi connectivity index (χ0v) is 10.2. The highest BCUT2D eigenvalue weighted by molar-refractivity contribution is 6.03. The predicted octanol–water partition coefficient (Wildman–Crippen LogP) is 1.34. The van der Waals surface area contributed by atoms with Gasteiger partial charge < -0.3 is 14.0 Å². The van der Waals surface area contributed by atoms with Gasteiger partial charge in [0.1, 0.15) is 11.3 Å². The highest BCUT2D eigenvalue weighted by Crippen LogP contribution is 2.18. The van der Waals surface area contributed by atoms with E-state index in [0.717, 1.165) is 7.11 Å². The third-order valence-corrected chi connectivity index (χ3v) is 2.01. The van der Waals surface area contributed by atoms with E-state index in [1.165, 1.54) is 31.4 Å². The molecule has 0 saturated carbocycles. The van der Waals surface area contributed by atoms with Crippen molar-refractivity contribution in [2.75, 3.05) is 14.2 Å². The molecule has 0 amide bonds. The SMILES string of the molecule is COC(=O)c1onc(/C=C/C=C\C#N)c1C(=O)OC. The number of ether oxygens (including phenoxy) is 2. The van der Waals surface area contributed by atoms with Crippen LogP contribution in [-0.4, -0.2) is 31.3 Å². The summed E-state index contributed by atoms with van der Waals surface area (Å²) in [6.45, 7) is 0. The summed E-state index contributed by atoms with van der Waals surface area (Å²) >= 11 is 0. The standard InChI is InChI=1S/C12H10N2O5/c1-17-11(15)9-8(6-4-3-5-7-13)14-19-10(9)12(16)18-2/h3-6H,1-2H3/b5-3-,6-4+. The molecule has 0 bridgehead atoms. The van der Waals surface area contributed by atoms with Crippen LogP contribution >= 0.6 is 0 Å². The monoisotopic (exact) mass is 262 g/mol. The molecule has 19 heavy (non-hydrogen) atoms. The fraction of sp³-hybridized carbons (Fsp3) is 0.167. The molecule has 7 heteroatoms. The van der Waals surface area contributed by atoms with Gasteiger partial charge in [0.15, 0.2) is 0 Å². The number of carbonyl (C=O) groups is 2. The molecule has 0 N–H and O–H groups in total. The summed E-state index contributed by atoms with van der Waals surface area (Å²) in [6.07, 6.45) is 5.54. The number of hydrogen-bond donors (Lipinski definition) is 0. The molecule has 0 saturated heterocycles. The van der Waals surface area contributed by atoms with Crippen LogP contribution < -0.4 is 0 Å². The van der Waals surface area contributed by atoms with Gasteiger partial charge in [-0.1, -0.05) is 17.3 Å². The Labute approximate surface area is 108 Å². The van der Waals surface area contributed by atoms with Gasteiger partial charge in [-0.2, -0.15) is 5.26 Å². The second-order valence-corrected chi connectivity index (χ2v) is 3.10. The number of nitriles is 1. The molecule has 0 fully saturated rings. The van der Waals surface area contributed by atoms with Gasteiger partial charge in [-0.15, -0.1) is 0 Å². The number of esters is 2. The van der Waals surface area contributed by atoms with Crippen molar-refractivity contribution in [3.8, 4) is 6.07 Å². The van der Waals surface area contributed by atoms with Crippen molar-refractivity contribution in [2.45, 2.75) is 0 Å². The van der Waals surface area contributed by atoms with Crippen LogP contribution in [-0.2, 0) is 9.47 Å². The summed E-state index contributed by atoms with van der Waals surface area (Å²) in [5, 5.41) is 11.9. The molecule has 0 radical (unpaired) electrons. The fourth-order valence-corrected chi connectivity index (χ4v) is 1.19. The van der Waals surface area contributed by atoms with E-state index in [9.17, 15) is 9.59 Å². The Hall–Kier alpha value is -2.88. The molecule has 0 aliphatic heterocycles. The first-order chi connectivity index (χ1) is 9.15. The second kappa shape index (κ2) is 6.76. The van der Waals surface area contributed by atoms with E-state index in [1.54, 1.807) is 6.07 Å². The lowest BCUT2D eigenvalue weighted by atomic mass is 10.1. The molecule has 1 heterocycles. The summed E-state index contributed by atoms with van der Waals surface area (Å²) in [7, 11) is 2.32. The van der Waals surface area contributed by atoms with Gasteiger partial charge in [-0.3, -0.25) is 0 Å². The lowest BCUT2D eigenvalue weighted by Gasteiger charge is -1.98. The molecular formula is C12H10N2O5. The number of nitrogens with zero attached hydrogens (tertiary/aromatic N) is 2. The maximum atomic E-state index is 11.6. The molecule has 0 unspecified atom stereocenters. The Bertz CT molecular complexity index is 577. The minimum absolute atomic E-state index is 0.106. The van der Waals surface area contributed by atoms with E-state index in [0.29, 0.717) is 0 Å². The van der Waals surface area contributed by atoms with Crippen LogP contribution in [0.4, 0.5) is 0 Å². The highest BCUT2D eigenvalue weighted by atomic mass is 16.6. The summed E-state index contributed by atoms with van der Waals surface area (Å²) in [4.78, 5) is 23.0. The second-order valence-electron chi connectivity index (χ2n) is 3.10. The van der Waals surface area contributed by atoms with Gasteiger partial charge >= 0.3 is 11.9 Å². The Kier molecular flexibility index (Phi) is 5.04. The number of hydrogen-bond acceptors (Lipinski definition) is 7. The van der Waals surface area contributed by atoms with Crippen LogP contribution in [0.1, 0.15) is 26.6 Å². The van der Waals surface area contributed by atoms with Crippen molar-refractivity contribution in [3.05, 3.63) is 35.2 Å². The number of aromatic nitrogens is 1. The van der Waals surface area contributed by atoms with Crippen LogP contribution in [0.5, 0.6) is 0 Å². The van der Waals surface area contributed by atoms with Crippen molar-refractivity contribution in [1.29, 1.82) is 5.26 Å². The molecular weight excluding hydrogens is 252 g/mol. The van der Waals surface area contributed by atoms with Gasteiger partial charge in [-0.05, 0) is 6.08 Å². The Morgan fingerprint density at radius 1 is 1.26 bits per heavy atom. The van der Waals surface area contributed by atoms with Crippen molar-refractivity contribution in [2.24, 2.45) is 0 Å². The maximum Gasteiger partial charge on any atom is 0.377 e. The number of methoxy groups -OCH3 is 2. The largest absolute Gasteiger partial charge is 0.465 e. The van der Waals surface area contributed by atoms with Crippen LogP contribution in [0.2, 0.25) is 0 Å². The van der Waals surface area contributed by atoms with Gasteiger partial charge in [0.25, 0.3) is 5.76 Å². The van der Waals surface area contributed by atoms with E-state index in [2.05, 4.69) is 14.6 Å². The Morgan fingerprint density at radius 2 is 1.95 bits per heavy atom. The van der Waals surface area contributed by atoms with E-state index >= 15 is 0 Å². The van der Waals surface area contributed by atoms with E-state index in [4.69, 9.17) is 9.78 Å². The lowest BCUT2D eigenvalue weighted by Crippen LogP contribution is -2.10. The van der Waals surface area contributed by atoms with Crippen LogP contribution in [0, 0.1) is 11.3 Å². The smallest absolute Gasteiger partial charge is 0.377 e. The van der Waals surface area contributed by atoms with Crippen LogP contribution in [0.3, 0.4) is 0 Å². The molecule has 0 aliphatic carbocycles. The quantitative estimate of drug-likeness (QED) is 0.458. The molecule has 0 aromatic carbocycles. The topological polar surface area (TPSA) is 102 Å². The molecule has 0 atom stereocenters. The van der Waals surface area contributed by atoms with Gasteiger partial charge in [-0.25, -0.2) is 9.59 Å². The lowest BCUT2D eigenvalue weighted by molar-refractivity contribution is 0.0521. The van der Waals surface area contributed by atoms with Crippen molar-refractivity contribution in [1.82, 2.24) is 5.16 Å². The zero-order valence-electron chi connectivity index (χ0n) is 10.2. The molecule has 7 nitrogen and oxygen atoms in total. The normalized spacial score (nSPS) is 10.6. The zero-order chi connectivity index (χ0) is 14.3. The first kappa shape index (κ1) is 14.2. The van der Waals surface area contributed by atoms with Gasteiger partial charge in [0.05, 0.1) is 20.3 Å². The Morgan fingerprint density at radius 3 is 2.53 bits per heavy atom. The molecule has 0 aliphatic rings. The average molecular weight is 262 g/mol. The molecule has 1 rings (SSSR count). The van der Waals surface area contributed by atoms with Crippen molar-refractivity contribution >= 4 is 18.0 Å². The Balaban J connectivity index is 3.19. The van der Waals surface area contributed by atoms with E-state index in [-0.39, 0.29) is 17.0 Å². The highest BCUT2D eigenvalue weighted by Gasteiger charge is 2.27. The first-order valence-corrected chi connectivity index (χ1v) is 5.04. The summed E-state index contributed by atoms with van der Waals surface area (Å²) in [6, 6.07) is 1.79. The van der Waals surface area contributed by atoms with Crippen molar-refractivity contribution in [3.63, 3.8) is 0 Å². The molecule has 1 aromatic heterocycles. The average Bonchev–Trinajstić information content (AvgIpc) is 2.85.